The molecule has 0 spiro atoms. The summed E-state index contributed by atoms with van der Waals surface area (Å²) in [7, 11) is 0. The largest absolute Gasteiger partial charge is 0.344 e. The highest BCUT2D eigenvalue weighted by molar-refractivity contribution is 7.10. The Bertz CT molecular complexity index is 444. The van der Waals surface area contributed by atoms with Crippen LogP contribution in [-0.2, 0) is 9.59 Å². The van der Waals surface area contributed by atoms with Crippen molar-refractivity contribution in [2.45, 2.75) is 45.2 Å². The Morgan fingerprint density at radius 3 is 2.84 bits per heavy atom. The maximum absolute atomic E-state index is 12.5. The lowest BCUT2D eigenvalue weighted by Gasteiger charge is -2.31. The van der Waals surface area contributed by atoms with Crippen LogP contribution in [-0.4, -0.2) is 29.3 Å². The molecule has 104 valence electrons. The van der Waals surface area contributed by atoms with Crippen molar-refractivity contribution < 1.29 is 9.59 Å². The van der Waals surface area contributed by atoms with Crippen LogP contribution in [0.3, 0.4) is 0 Å². The molecule has 2 unspecified atom stereocenters. The van der Waals surface area contributed by atoms with Gasteiger partial charge in [-0.15, -0.1) is 11.3 Å². The highest BCUT2D eigenvalue weighted by Crippen LogP contribution is 2.29. The van der Waals surface area contributed by atoms with Crippen molar-refractivity contribution in [1.82, 2.24) is 10.2 Å². The van der Waals surface area contributed by atoms with Gasteiger partial charge in [0.05, 0.1) is 6.04 Å². The third-order valence-corrected chi connectivity index (χ3v) is 4.51. The Hall–Kier alpha value is -1.36. The fourth-order valence-corrected chi connectivity index (χ4v) is 3.43. The minimum Gasteiger partial charge on any atom is -0.344 e. The number of nitrogens with zero attached hydrogens (tertiary/aromatic N) is 1. The van der Waals surface area contributed by atoms with Gasteiger partial charge in [0, 0.05) is 17.8 Å². The van der Waals surface area contributed by atoms with Crippen molar-refractivity contribution in [2.75, 3.05) is 6.54 Å². The summed E-state index contributed by atoms with van der Waals surface area (Å²) in [6.07, 6.45) is 1.91. The third kappa shape index (κ3) is 2.97. The molecule has 2 rings (SSSR count). The van der Waals surface area contributed by atoms with E-state index in [0.29, 0.717) is 19.4 Å². The minimum absolute atomic E-state index is 0.0243. The van der Waals surface area contributed by atoms with Gasteiger partial charge in [0.15, 0.2) is 0 Å². The van der Waals surface area contributed by atoms with Crippen molar-refractivity contribution in [2.24, 2.45) is 0 Å². The van der Waals surface area contributed by atoms with Gasteiger partial charge < -0.3 is 10.2 Å². The Kier molecular flexibility index (Phi) is 4.58. The van der Waals surface area contributed by atoms with E-state index in [2.05, 4.69) is 18.3 Å². The zero-order valence-electron chi connectivity index (χ0n) is 11.4. The van der Waals surface area contributed by atoms with E-state index in [1.54, 1.807) is 11.3 Å². The summed E-state index contributed by atoms with van der Waals surface area (Å²) in [5.74, 6) is 0.0253. The molecule has 1 aromatic rings. The molecule has 1 aromatic heterocycles. The molecule has 4 nitrogen and oxygen atoms in total. The Balaban J connectivity index is 2.25. The molecule has 2 heterocycles. The van der Waals surface area contributed by atoms with Crippen molar-refractivity contribution in [3.8, 4) is 0 Å². The predicted octanol–water partition coefficient (Wildman–Crippen LogP) is 2.33. The summed E-state index contributed by atoms with van der Waals surface area (Å²) in [5, 5.41) is 4.83. The average Bonchev–Trinajstić information content (AvgIpc) is 2.89. The lowest BCUT2D eigenvalue weighted by molar-refractivity contribution is -0.135. The summed E-state index contributed by atoms with van der Waals surface area (Å²) >= 11 is 1.67. The van der Waals surface area contributed by atoms with E-state index in [4.69, 9.17) is 0 Å². The van der Waals surface area contributed by atoms with Crippen LogP contribution < -0.4 is 5.32 Å². The standard InChI is InChI=1S/C14H20N2O2S/c1-3-10-14(18)16(8-7-13(17)15-10)11(4-2)12-6-5-9-19-12/h5-6,9-11H,3-4,7-8H2,1-2H3,(H,15,17). The van der Waals surface area contributed by atoms with Crippen LogP contribution in [0.2, 0.25) is 0 Å². The van der Waals surface area contributed by atoms with Gasteiger partial charge in [-0.3, -0.25) is 9.59 Å². The number of carbonyl (C=O) groups excluding carboxylic acids is 2. The average molecular weight is 280 g/mol. The monoisotopic (exact) mass is 280 g/mol. The van der Waals surface area contributed by atoms with E-state index in [1.165, 1.54) is 4.88 Å². The molecular weight excluding hydrogens is 260 g/mol. The summed E-state index contributed by atoms with van der Waals surface area (Å²) in [6, 6.07) is 3.79. The summed E-state index contributed by atoms with van der Waals surface area (Å²) < 4.78 is 0. The van der Waals surface area contributed by atoms with E-state index in [0.717, 1.165) is 6.42 Å². The Labute approximate surface area is 117 Å². The molecule has 0 aliphatic carbocycles. The molecule has 5 heteroatoms. The van der Waals surface area contributed by atoms with Gasteiger partial charge in [-0.2, -0.15) is 0 Å². The summed E-state index contributed by atoms with van der Waals surface area (Å²) in [6.45, 7) is 4.52. The van der Waals surface area contributed by atoms with Crippen LogP contribution in [0.15, 0.2) is 17.5 Å². The van der Waals surface area contributed by atoms with Crippen molar-refractivity contribution in [3.63, 3.8) is 0 Å². The molecule has 1 aliphatic rings. The van der Waals surface area contributed by atoms with Gasteiger partial charge in [0.1, 0.15) is 6.04 Å². The molecule has 1 saturated heterocycles. The number of amides is 2. The Morgan fingerprint density at radius 2 is 2.26 bits per heavy atom. The van der Waals surface area contributed by atoms with Crippen molar-refractivity contribution >= 4 is 23.2 Å². The van der Waals surface area contributed by atoms with Crippen molar-refractivity contribution in [1.29, 1.82) is 0 Å². The number of hydrogen-bond acceptors (Lipinski definition) is 3. The van der Waals surface area contributed by atoms with Crippen LogP contribution in [0.4, 0.5) is 0 Å². The summed E-state index contributed by atoms with van der Waals surface area (Å²) in [4.78, 5) is 27.3. The van der Waals surface area contributed by atoms with Gasteiger partial charge in [-0.05, 0) is 24.3 Å². The molecule has 2 atom stereocenters. The molecule has 0 saturated carbocycles. The molecule has 1 fully saturated rings. The van der Waals surface area contributed by atoms with Gasteiger partial charge in [0.2, 0.25) is 11.8 Å². The molecule has 0 aromatic carbocycles. The van der Waals surface area contributed by atoms with Crippen molar-refractivity contribution in [3.05, 3.63) is 22.4 Å². The molecule has 19 heavy (non-hydrogen) atoms. The number of carbonyl (C=O) groups is 2. The smallest absolute Gasteiger partial charge is 0.245 e. The van der Waals surface area contributed by atoms with Crippen LogP contribution in [0, 0.1) is 0 Å². The number of thiophene rings is 1. The second-order valence-electron chi connectivity index (χ2n) is 4.75. The predicted molar refractivity (Wildman–Crippen MR) is 75.9 cm³/mol. The van der Waals surface area contributed by atoms with Crippen LogP contribution in [0.5, 0.6) is 0 Å². The van der Waals surface area contributed by atoms with Gasteiger partial charge >= 0.3 is 0 Å². The maximum Gasteiger partial charge on any atom is 0.245 e. The second kappa shape index (κ2) is 6.19. The third-order valence-electron chi connectivity index (χ3n) is 3.54. The zero-order chi connectivity index (χ0) is 13.8. The first-order chi connectivity index (χ1) is 9.17. The topological polar surface area (TPSA) is 49.4 Å². The molecule has 1 N–H and O–H groups in total. The van der Waals surface area contributed by atoms with E-state index in [1.807, 2.05) is 23.3 Å². The van der Waals surface area contributed by atoms with Crippen LogP contribution >= 0.6 is 11.3 Å². The molecular formula is C14H20N2O2S. The van der Waals surface area contributed by atoms with Crippen LogP contribution in [0.25, 0.3) is 0 Å². The molecule has 0 radical (unpaired) electrons. The quantitative estimate of drug-likeness (QED) is 0.920. The maximum atomic E-state index is 12.5. The number of nitrogens with one attached hydrogen (secondary N) is 1. The van der Waals surface area contributed by atoms with Gasteiger partial charge in [0.25, 0.3) is 0 Å². The van der Waals surface area contributed by atoms with E-state index in [-0.39, 0.29) is 23.9 Å². The summed E-state index contributed by atoms with van der Waals surface area (Å²) in [5.41, 5.74) is 0. The molecule has 1 aliphatic heterocycles. The first-order valence-electron chi connectivity index (χ1n) is 6.80. The van der Waals surface area contributed by atoms with E-state index in [9.17, 15) is 9.59 Å². The number of hydrogen-bond donors (Lipinski definition) is 1. The lowest BCUT2D eigenvalue weighted by Crippen LogP contribution is -2.45. The lowest BCUT2D eigenvalue weighted by atomic mass is 10.1. The highest BCUT2D eigenvalue weighted by atomic mass is 32.1. The first kappa shape index (κ1) is 14.1. The second-order valence-corrected chi connectivity index (χ2v) is 5.73. The van der Waals surface area contributed by atoms with E-state index < -0.39 is 0 Å². The normalized spacial score (nSPS) is 22.0. The number of rotatable bonds is 4. The SMILES string of the molecule is CCC1NC(=O)CCN(C(CC)c2cccs2)C1=O. The van der Waals surface area contributed by atoms with E-state index >= 15 is 0 Å². The highest BCUT2D eigenvalue weighted by Gasteiger charge is 2.33. The van der Waals surface area contributed by atoms with Gasteiger partial charge in [-0.1, -0.05) is 19.9 Å². The Morgan fingerprint density at radius 1 is 1.47 bits per heavy atom. The van der Waals surface area contributed by atoms with Crippen LogP contribution in [0.1, 0.15) is 44.0 Å². The first-order valence-corrected chi connectivity index (χ1v) is 7.68. The fourth-order valence-electron chi connectivity index (χ4n) is 2.50. The van der Waals surface area contributed by atoms with Gasteiger partial charge in [-0.25, -0.2) is 0 Å². The fraction of sp³-hybridized carbons (Fsp3) is 0.571. The molecule has 2 amide bonds. The zero-order valence-corrected chi connectivity index (χ0v) is 12.2. The molecule has 0 bridgehead atoms. The minimum atomic E-state index is -0.371.